The summed E-state index contributed by atoms with van der Waals surface area (Å²) in [6, 6.07) is 9.00. The molecule has 2 aromatic heterocycles. The fourth-order valence-corrected chi connectivity index (χ4v) is 5.34. The minimum Gasteiger partial charge on any atom is -0.378 e. The molecule has 1 unspecified atom stereocenters. The van der Waals surface area contributed by atoms with Crippen LogP contribution < -0.4 is 5.32 Å². The van der Waals surface area contributed by atoms with Crippen LogP contribution in [0.3, 0.4) is 0 Å². The van der Waals surface area contributed by atoms with Crippen LogP contribution in [0.2, 0.25) is 0 Å². The number of hydrogen-bond donors (Lipinski definition) is 2. The number of H-pyrrole nitrogens is 1. The molecular formula is C25H29F4N5. The number of likely N-dealkylation sites (tertiary alicyclic amines) is 1. The minimum atomic E-state index is -4.30. The van der Waals surface area contributed by atoms with Gasteiger partial charge in [0.25, 0.3) is 0 Å². The van der Waals surface area contributed by atoms with Crippen LogP contribution >= 0.6 is 0 Å². The highest BCUT2D eigenvalue weighted by atomic mass is 19.4. The van der Waals surface area contributed by atoms with E-state index in [-0.39, 0.29) is 18.8 Å². The number of benzene rings is 1. The Morgan fingerprint density at radius 3 is 2.68 bits per heavy atom. The molecule has 0 spiro atoms. The number of nitrogens with one attached hydrogen (secondary N) is 2. The van der Waals surface area contributed by atoms with Crippen molar-refractivity contribution in [3.8, 4) is 0 Å². The van der Waals surface area contributed by atoms with Crippen LogP contribution in [0.25, 0.3) is 10.9 Å². The van der Waals surface area contributed by atoms with Crippen molar-refractivity contribution in [3.05, 3.63) is 59.5 Å². The number of aromatic amines is 1. The van der Waals surface area contributed by atoms with Gasteiger partial charge in [0.2, 0.25) is 0 Å². The number of pyridine rings is 1. The molecule has 0 saturated carbocycles. The van der Waals surface area contributed by atoms with Gasteiger partial charge in [-0.1, -0.05) is 6.07 Å². The van der Waals surface area contributed by atoms with E-state index in [4.69, 9.17) is 0 Å². The molecular weight excluding hydrogens is 446 g/mol. The first-order chi connectivity index (χ1) is 16.3. The average molecular weight is 476 g/mol. The SMILES string of the molecule is C[C@@H]1Cc2c(ccc3[nH]ccc23)C(c2ccc(NC3CN(CCCF)C3)cn2)N1CC(F)(F)F. The molecule has 34 heavy (non-hydrogen) atoms. The van der Waals surface area contributed by atoms with Gasteiger partial charge in [-0.3, -0.25) is 19.2 Å². The van der Waals surface area contributed by atoms with E-state index < -0.39 is 18.8 Å². The van der Waals surface area contributed by atoms with Crippen molar-refractivity contribution in [2.24, 2.45) is 0 Å². The zero-order chi connectivity index (χ0) is 23.9. The molecule has 2 aliphatic rings. The highest BCUT2D eigenvalue weighted by Gasteiger charge is 2.41. The van der Waals surface area contributed by atoms with Gasteiger partial charge < -0.3 is 10.3 Å². The van der Waals surface area contributed by atoms with Crippen LogP contribution in [0, 0.1) is 0 Å². The van der Waals surface area contributed by atoms with E-state index in [1.807, 2.05) is 43.5 Å². The van der Waals surface area contributed by atoms with E-state index in [1.54, 1.807) is 6.20 Å². The monoisotopic (exact) mass is 475 g/mol. The third kappa shape index (κ3) is 4.63. The largest absolute Gasteiger partial charge is 0.401 e. The third-order valence-corrected chi connectivity index (χ3v) is 6.94. The van der Waals surface area contributed by atoms with Gasteiger partial charge in [0.1, 0.15) is 0 Å². The summed E-state index contributed by atoms with van der Waals surface area (Å²) in [6.45, 7) is 3.03. The van der Waals surface area contributed by atoms with E-state index in [9.17, 15) is 17.6 Å². The van der Waals surface area contributed by atoms with Gasteiger partial charge in [0, 0.05) is 42.8 Å². The quantitative estimate of drug-likeness (QED) is 0.477. The number of hydrogen-bond acceptors (Lipinski definition) is 4. The molecule has 0 bridgehead atoms. The first-order valence-corrected chi connectivity index (χ1v) is 11.7. The van der Waals surface area contributed by atoms with Crippen LogP contribution in [-0.2, 0) is 6.42 Å². The number of fused-ring (bicyclic) bond motifs is 3. The second-order valence-electron chi connectivity index (χ2n) is 9.43. The van der Waals surface area contributed by atoms with Crippen molar-refractivity contribution >= 4 is 16.6 Å². The lowest BCUT2D eigenvalue weighted by Crippen LogP contribution is -2.54. The fraction of sp³-hybridized carbons (Fsp3) is 0.480. The lowest BCUT2D eigenvalue weighted by molar-refractivity contribution is -0.155. The Bertz CT molecular complexity index is 1120. The molecule has 2 atom stereocenters. The van der Waals surface area contributed by atoms with Crippen molar-refractivity contribution in [3.63, 3.8) is 0 Å². The molecule has 2 aliphatic heterocycles. The van der Waals surface area contributed by atoms with Gasteiger partial charge in [-0.2, -0.15) is 13.2 Å². The first-order valence-electron chi connectivity index (χ1n) is 11.7. The van der Waals surface area contributed by atoms with Crippen molar-refractivity contribution in [2.75, 3.05) is 38.2 Å². The van der Waals surface area contributed by atoms with Gasteiger partial charge in [-0.15, -0.1) is 0 Å². The van der Waals surface area contributed by atoms with E-state index in [0.29, 0.717) is 18.5 Å². The standard InChI is InChI=1S/C25H29F4N5/c1-16-11-21-19-7-9-30-22(19)6-4-20(21)24(34(16)15-25(27,28)29)23-5-3-17(12-31-23)32-18-13-33(14-18)10-2-8-26/h3-7,9,12,16,18,24,30,32H,2,8,10-11,13-15H2,1H3/t16-,24?/m1/s1. The topological polar surface area (TPSA) is 47.2 Å². The lowest BCUT2D eigenvalue weighted by atomic mass is 9.85. The summed E-state index contributed by atoms with van der Waals surface area (Å²) >= 11 is 0. The molecule has 4 heterocycles. The predicted molar refractivity (Wildman–Crippen MR) is 125 cm³/mol. The van der Waals surface area contributed by atoms with Crippen LogP contribution in [-0.4, -0.2) is 70.9 Å². The summed E-state index contributed by atoms with van der Waals surface area (Å²) in [5.41, 5.74) is 4.40. The van der Waals surface area contributed by atoms with Gasteiger partial charge in [-0.05, 0) is 55.2 Å². The van der Waals surface area contributed by atoms with Gasteiger partial charge in [-0.25, -0.2) is 0 Å². The molecule has 0 radical (unpaired) electrons. The van der Waals surface area contributed by atoms with Crippen LogP contribution in [0.4, 0.5) is 23.2 Å². The number of anilines is 1. The first kappa shape index (κ1) is 23.1. The summed E-state index contributed by atoms with van der Waals surface area (Å²) in [7, 11) is 0. The molecule has 182 valence electrons. The summed E-state index contributed by atoms with van der Waals surface area (Å²) in [5, 5.41) is 4.47. The van der Waals surface area contributed by atoms with Crippen molar-refractivity contribution in [1.29, 1.82) is 0 Å². The minimum absolute atomic E-state index is 0.270. The second-order valence-corrected chi connectivity index (χ2v) is 9.43. The van der Waals surface area contributed by atoms with E-state index in [2.05, 4.69) is 20.2 Å². The normalized spacial score (nSPS) is 22.0. The number of halogens is 4. The molecule has 5 nitrogen and oxygen atoms in total. The maximum Gasteiger partial charge on any atom is 0.401 e. The Labute approximate surface area is 196 Å². The van der Waals surface area contributed by atoms with Gasteiger partial charge in [0.15, 0.2) is 0 Å². The second kappa shape index (κ2) is 9.19. The maximum atomic E-state index is 13.5. The Morgan fingerprint density at radius 2 is 1.97 bits per heavy atom. The summed E-state index contributed by atoms with van der Waals surface area (Å²) in [5.74, 6) is 0. The van der Waals surface area contributed by atoms with Crippen molar-refractivity contribution < 1.29 is 17.6 Å². The highest BCUT2D eigenvalue weighted by molar-refractivity contribution is 5.85. The predicted octanol–water partition coefficient (Wildman–Crippen LogP) is 4.92. The molecule has 1 fully saturated rings. The number of aromatic nitrogens is 2. The van der Waals surface area contributed by atoms with Crippen molar-refractivity contribution in [2.45, 2.75) is 44.1 Å². The Hall–Kier alpha value is -2.65. The molecule has 1 aromatic carbocycles. The Morgan fingerprint density at radius 1 is 1.15 bits per heavy atom. The highest BCUT2D eigenvalue weighted by Crippen LogP contribution is 2.41. The molecule has 9 heteroatoms. The number of nitrogens with zero attached hydrogens (tertiary/aromatic N) is 3. The van der Waals surface area contributed by atoms with E-state index in [0.717, 1.165) is 47.4 Å². The Kier molecular flexibility index (Phi) is 6.24. The van der Waals surface area contributed by atoms with Crippen LogP contribution in [0.15, 0.2) is 42.7 Å². The molecule has 0 amide bonds. The molecule has 2 N–H and O–H groups in total. The smallest absolute Gasteiger partial charge is 0.378 e. The van der Waals surface area contributed by atoms with Gasteiger partial charge in [0.05, 0.1) is 42.9 Å². The Balaban J connectivity index is 1.40. The molecule has 1 saturated heterocycles. The average Bonchev–Trinajstić information content (AvgIpc) is 3.25. The van der Waals surface area contributed by atoms with Gasteiger partial charge >= 0.3 is 6.18 Å². The van der Waals surface area contributed by atoms with E-state index >= 15 is 0 Å². The number of alkyl halides is 4. The van der Waals surface area contributed by atoms with E-state index in [1.165, 1.54) is 4.90 Å². The zero-order valence-electron chi connectivity index (χ0n) is 19.1. The molecule has 3 aromatic rings. The lowest BCUT2D eigenvalue weighted by Gasteiger charge is -2.42. The summed E-state index contributed by atoms with van der Waals surface area (Å²) in [6.07, 6.45) is 0.372. The maximum absolute atomic E-state index is 13.5. The third-order valence-electron chi connectivity index (χ3n) is 6.94. The zero-order valence-corrected chi connectivity index (χ0v) is 19.1. The summed E-state index contributed by atoms with van der Waals surface area (Å²) < 4.78 is 53.0. The molecule has 0 aliphatic carbocycles. The summed E-state index contributed by atoms with van der Waals surface area (Å²) in [4.78, 5) is 11.5. The van der Waals surface area contributed by atoms with Crippen LogP contribution in [0.1, 0.15) is 36.2 Å². The fourth-order valence-electron chi connectivity index (χ4n) is 5.34. The molecule has 5 rings (SSSR count). The number of rotatable bonds is 7. The van der Waals surface area contributed by atoms with Crippen LogP contribution in [0.5, 0.6) is 0 Å². The van der Waals surface area contributed by atoms with Crippen molar-refractivity contribution in [1.82, 2.24) is 19.8 Å².